The summed E-state index contributed by atoms with van der Waals surface area (Å²) in [5.41, 5.74) is 4.56. The molecule has 0 aliphatic carbocycles. The van der Waals surface area contributed by atoms with Crippen LogP contribution in [-0.4, -0.2) is 62.7 Å². The highest BCUT2D eigenvalue weighted by atomic mass is 16.5. The van der Waals surface area contributed by atoms with E-state index in [0.717, 1.165) is 13.1 Å². The van der Waals surface area contributed by atoms with Crippen LogP contribution in [0.3, 0.4) is 0 Å². The van der Waals surface area contributed by atoms with E-state index in [1.807, 2.05) is 11.9 Å². The standard InChI is InChI=1S/C10H20N4O3/c1-8(15)12-13-10(16)7-14(2)6-9-5-11-3-4-17-9/h9,11H,3-7H2,1-2H3,(H,12,15)(H,13,16). The molecule has 98 valence electrons. The van der Waals surface area contributed by atoms with E-state index in [1.54, 1.807) is 0 Å². The van der Waals surface area contributed by atoms with Gasteiger partial charge in [-0.2, -0.15) is 0 Å². The van der Waals surface area contributed by atoms with Gasteiger partial charge in [0.25, 0.3) is 5.91 Å². The molecular formula is C10H20N4O3. The van der Waals surface area contributed by atoms with E-state index in [0.29, 0.717) is 13.2 Å². The van der Waals surface area contributed by atoms with Crippen molar-refractivity contribution in [3.8, 4) is 0 Å². The number of likely N-dealkylation sites (N-methyl/N-ethyl adjacent to an activating group) is 1. The Morgan fingerprint density at radius 2 is 2.24 bits per heavy atom. The van der Waals surface area contributed by atoms with E-state index in [9.17, 15) is 9.59 Å². The lowest BCUT2D eigenvalue weighted by molar-refractivity contribution is -0.128. The topological polar surface area (TPSA) is 82.7 Å². The second kappa shape index (κ2) is 7.21. The first-order valence-electron chi connectivity index (χ1n) is 5.64. The van der Waals surface area contributed by atoms with E-state index in [1.165, 1.54) is 6.92 Å². The fraction of sp³-hybridized carbons (Fsp3) is 0.800. The van der Waals surface area contributed by atoms with Gasteiger partial charge in [-0.3, -0.25) is 25.3 Å². The average molecular weight is 244 g/mol. The smallest absolute Gasteiger partial charge is 0.252 e. The summed E-state index contributed by atoms with van der Waals surface area (Å²) in [5, 5.41) is 3.22. The number of hydrazine groups is 1. The van der Waals surface area contributed by atoms with Crippen molar-refractivity contribution < 1.29 is 14.3 Å². The molecule has 7 nitrogen and oxygen atoms in total. The number of carbonyl (C=O) groups excluding carboxylic acids is 2. The molecule has 0 aromatic heterocycles. The largest absolute Gasteiger partial charge is 0.374 e. The Kier molecular flexibility index (Phi) is 5.88. The zero-order valence-electron chi connectivity index (χ0n) is 10.3. The fourth-order valence-electron chi connectivity index (χ4n) is 1.59. The first-order valence-corrected chi connectivity index (χ1v) is 5.64. The number of morpholine rings is 1. The van der Waals surface area contributed by atoms with Gasteiger partial charge in [0.05, 0.1) is 19.3 Å². The number of carbonyl (C=O) groups is 2. The van der Waals surface area contributed by atoms with Crippen molar-refractivity contribution >= 4 is 11.8 Å². The molecule has 2 amide bonds. The summed E-state index contributed by atoms with van der Waals surface area (Å²) in [7, 11) is 1.84. The van der Waals surface area contributed by atoms with Crippen molar-refractivity contribution in [3.63, 3.8) is 0 Å². The van der Waals surface area contributed by atoms with Crippen molar-refractivity contribution in [2.45, 2.75) is 13.0 Å². The highest BCUT2D eigenvalue weighted by Crippen LogP contribution is 1.98. The summed E-state index contributed by atoms with van der Waals surface area (Å²) in [5.74, 6) is -0.535. The molecule has 1 fully saturated rings. The van der Waals surface area contributed by atoms with Gasteiger partial charge in [0.1, 0.15) is 0 Å². The summed E-state index contributed by atoms with van der Waals surface area (Å²) in [4.78, 5) is 23.8. The Bertz CT molecular complexity index is 266. The van der Waals surface area contributed by atoms with E-state index < -0.39 is 0 Å². The average Bonchev–Trinajstić information content (AvgIpc) is 2.27. The second-order valence-electron chi connectivity index (χ2n) is 4.12. The van der Waals surface area contributed by atoms with Gasteiger partial charge in [-0.05, 0) is 7.05 Å². The molecule has 1 rings (SSSR count). The molecule has 0 aromatic rings. The maximum Gasteiger partial charge on any atom is 0.252 e. The first-order chi connectivity index (χ1) is 8.08. The number of nitrogens with zero attached hydrogens (tertiary/aromatic N) is 1. The van der Waals surface area contributed by atoms with Crippen molar-refractivity contribution in [1.82, 2.24) is 21.1 Å². The molecule has 0 saturated carbocycles. The van der Waals surface area contributed by atoms with Crippen LogP contribution >= 0.6 is 0 Å². The lowest BCUT2D eigenvalue weighted by Gasteiger charge is -2.27. The Morgan fingerprint density at radius 1 is 1.47 bits per heavy atom. The molecule has 1 unspecified atom stereocenters. The molecule has 0 bridgehead atoms. The number of hydrogen-bond donors (Lipinski definition) is 3. The summed E-state index contributed by atoms with van der Waals surface area (Å²) in [6.45, 7) is 4.63. The molecule has 3 N–H and O–H groups in total. The van der Waals surface area contributed by atoms with Crippen LogP contribution in [0.2, 0.25) is 0 Å². The second-order valence-corrected chi connectivity index (χ2v) is 4.12. The predicted octanol–water partition coefficient (Wildman–Crippen LogP) is -1.93. The zero-order valence-corrected chi connectivity index (χ0v) is 10.3. The SMILES string of the molecule is CC(=O)NNC(=O)CN(C)CC1CNCCO1. The minimum absolute atomic E-state index is 0.113. The van der Waals surface area contributed by atoms with Gasteiger partial charge in [-0.15, -0.1) is 0 Å². The summed E-state index contributed by atoms with van der Waals surface area (Å²) >= 11 is 0. The van der Waals surface area contributed by atoms with Crippen LogP contribution < -0.4 is 16.2 Å². The monoisotopic (exact) mass is 244 g/mol. The van der Waals surface area contributed by atoms with E-state index >= 15 is 0 Å². The van der Waals surface area contributed by atoms with Gasteiger partial charge in [0, 0.05) is 26.6 Å². The van der Waals surface area contributed by atoms with Crippen molar-refractivity contribution in [1.29, 1.82) is 0 Å². The molecule has 17 heavy (non-hydrogen) atoms. The van der Waals surface area contributed by atoms with Crippen LogP contribution in [0.1, 0.15) is 6.92 Å². The lowest BCUT2D eigenvalue weighted by atomic mass is 10.3. The maximum absolute atomic E-state index is 11.4. The molecule has 0 aromatic carbocycles. The van der Waals surface area contributed by atoms with Crippen LogP contribution in [0.25, 0.3) is 0 Å². The summed E-state index contributed by atoms with van der Waals surface area (Å²) in [6.07, 6.45) is 0.113. The molecule has 1 heterocycles. The summed E-state index contributed by atoms with van der Waals surface area (Å²) in [6, 6.07) is 0. The van der Waals surface area contributed by atoms with Gasteiger partial charge >= 0.3 is 0 Å². The molecule has 1 aliphatic rings. The third-order valence-electron chi connectivity index (χ3n) is 2.31. The number of ether oxygens (including phenoxy) is 1. The van der Waals surface area contributed by atoms with Crippen molar-refractivity contribution in [3.05, 3.63) is 0 Å². The predicted molar refractivity (Wildman–Crippen MR) is 62.1 cm³/mol. The van der Waals surface area contributed by atoms with E-state index in [-0.39, 0.29) is 24.5 Å². The number of hydrogen-bond acceptors (Lipinski definition) is 5. The fourth-order valence-corrected chi connectivity index (χ4v) is 1.59. The quantitative estimate of drug-likeness (QED) is 0.502. The van der Waals surface area contributed by atoms with E-state index in [2.05, 4.69) is 16.2 Å². The highest BCUT2D eigenvalue weighted by Gasteiger charge is 2.16. The van der Waals surface area contributed by atoms with Gasteiger partial charge in [0.15, 0.2) is 0 Å². The number of nitrogens with one attached hydrogen (secondary N) is 3. The van der Waals surface area contributed by atoms with Crippen LogP contribution in [-0.2, 0) is 14.3 Å². The highest BCUT2D eigenvalue weighted by molar-refractivity contribution is 5.81. The molecule has 0 spiro atoms. The van der Waals surface area contributed by atoms with Crippen LogP contribution in [0.15, 0.2) is 0 Å². The first kappa shape index (κ1) is 13.9. The molecule has 1 saturated heterocycles. The minimum atomic E-state index is -0.291. The lowest BCUT2D eigenvalue weighted by Crippen LogP contribution is -2.48. The normalized spacial score (nSPS) is 20.1. The van der Waals surface area contributed by atoms with Crippen LogP contribution in [0, 0.1) is 0 Å². The third-order valence-corrected chi connectivity index (χ3v) is 2.31. The molecule has 0 radical (unpaired) electrons. The van der Waals surface area contributed by atoms with Crippen LogP contribution in [0.4, 0.5) is 0 Å². The number of rotatable bonds is 4. The van der Waals surface area contributed by atoms with Gasteiger partial charge in [-0.25, -0.2) is 0 Å². The molecule has 7 heteroatoms. The minimum Gasteiger partial charge on any atom is -0.374 e. The zero-order chi connectivity index (χ0) is 12.7. The Labute approximate surface area is 101 Å². The molecular weight excluding hydrogens is 224 g/mol. The van der Waals surface area contributed by atoms with Gasteiger partial charge in [-0.1, -0.05) is 0 Å². The molecule has 1 aliphatic heterocycles. The van der Waals surface area contributed by atoms with Crippen molar-refractivity contribution in [2.24, 2.45) is 0 Å². The van der Waals surface area contributed by atoms with Gasteiger partial charge in [0.2, 0.25) is 5.91 Å². The van der Waals surface area contributed by atoms with Gasteiger partial charge < -0.3 is 10.1 Å². The Hall–Kier alpha value is -1.18. The maximum atomic E-state index is 11.4. The number of amides is 2. The molecule has 1 atom stereocenters. The van der Waals surface area contributed by atoms with E-state index in [4.69, 9.17) is 4.74 Å². The third kappa shape index (κ3) is 6.20. The van der Waals surface area contributed by atoms with Crippen LogP contribution in [0.5, 0.6) is 0 Å². The van der Waals surface area contributed by atoms with Crippen molar-refractivity contribution in [2.75, 3.05) is 39.8 Å². The summed E-state index contributed by atoms with van der Waals surface area (Å²) < 4.78 is 5.52. The Morgan fingerprint density at radius 3 is 2.82 bits per heavy atom. The Balaban J connectivity index is 2.16.